The Morgan fingerprint density at radius 1 is 1.24 bits per heavy atom. The largest absolute Gasteiger partial charge is 0.319 e. The molecule has 2 aromatic carbocycles. The van der Waals surface area contributed by atoms with Crippen molar-refractivity contribution in [1.82, 2.24) is 0 Å². The third-order valence-corrected chi connectivity index (χ3v) is 3.09. The molecule has 0 fully saturated rings. The van der Waals surface area contributed by atoms with Gasteiger partial charge in [-0.15, -0.1) is 0 Å². The predicted molar refractivity (Wildman–Crippen MR) is 80.1 cm³/mol. The lowest BCUT2D eigenvalue weighted by atomic mass is 10.1. The Kier molecular flexibility index (Phi) is 4.52. The molecule has 1 atom stereocenters. The van der Waals surface area contributed by atoms with Crippen LogP contribution in [0.5, 0.6) is 0 Å². The van der Waals surface area contributed by atoms with Crippen molar-refractivity contribution < 1.29 is 9.72 Å². The summed E-state index contributed by atoms with van der Waals surface area (Å²) in [5.74, 6) is -0.536. The molecule has 7 heteroatoms. The summed E-state index contributed by atoms with van der Waals surface area (Å²) in [6.07, 6.45) is 0. The van der Waals surface area contributed by atoms with Gasteiger partial charge in [-0.2, -0.15) is 0 Å². The smallest absolute Gasteiger partial charge is 0.294 e. The molecule has 2 rings (SSSR count). The summed E-state index contributed by atoms with van der Waals surface area (Å²) in [4.78, 5) is 22.4. The van der Waals surface area contributed by atoms with E-state index in [1.54, 1.807) is 30.3 Å². The number of nitrogens with two attached hydrogens (primary N) is 1. The van der Waals surface area contributed by atoms with Crippen molar-refractivity contribution in [3.05, 3.63) is 69.2 Å². The highest BCUT2D eigenvalue weighted by Gasteiger charge is 2.20. The van der Waals surface area contributed by atoms with Crippen LogP contribution in [-0.2, 0) is 4.79 Å². The standard InChI is InChI=1S/C14H12ClN3O3/c15-10-6-7-11(12(8-10)18(20)21)17-14(19)13(16)9-4-2-1-3-5-9/h1-8,13H,16H2,(H,17,19)/t13-/m1/s1. The van der Waals surface area contributed by atoms with Crippen LogP contribution < -0.4 is 11.1 Å². The second-order valence-corrected chi connectivity index (χ2v) is 4.73. The van der Waals surface area contributed by atoms with Crippen molar-refractivity contribution >= 4 is 28.9 Å². The molecule has 0 saturated heterocycles. The number of amides is 1. The number of rotatable bonds is 4. The number of nitro groups is 1. The minimum Gasteiger partial charge on any atom is -0.319 e. The Hall–Kier alpha value is -2.44. The maximum Gasteiger partial charge on any atom is 0.294 e. The van der Waals surface area contributed by atoms with E-state index in [4.69, 9.17) is 17.3 Å². The molecule has 0 heterocycles. The minimum atomic E-state index is -0.915. The van der Waals surface area contributed by atoms with Gasteiger partial charge in [0.2, 0.25) is 5.91 Å². The summed E-state index contributed by atoms with van der Waals surface area (Å²) < 4.78 is 0. The number of benzene rings is 2. The van der Waals surface area contributed by atoms with Gasteiger partial charge in [-0.1, -0.05) is 41.9 Å². The first kappa shape index (κ1) is 15.0. The molecule has 3 N–H and O–H groups in total. The molecule has 1 amide bonds. The van der Waals surface area contributed by atoms with Gasteiger partial charge in [0, 0.05) is 11.1 Å². The molecule has 0 aliphatic heterocycles. The van der Waals surface area contributed by atoms with Crippen LogP contribution in [0.2, 0.25) is 5.02 Å². The molecule has 2 aromatic rings. The Morgan fingerprint density at radius 3 is 2.52 bits per heavy atom. The molecule has 0 aliphatic rings. The van der Waals surface area contributed by atoms with Crippen molar-refractivity contribution in [2.45, 2.75) is 6.04 Å². The summed E-state index contributed by atoms with van der Waals surface area (Å²) in [6.45, 7) is 0. The van der Waals surface area contributed by atoms with Crippen molar-refractivity contribution in [2.75, 3.05) is 5.32 Å². The molecule has 0 aromatic heterocycles. The van der Waals surface area contributed by atoms with E-state index in [1.807, 2.05) is 0 Å². The van der Waals surface area contributed by atoms with Gasteiger partial charge >= 0.3 is 0 Å². The first-order valence-corrected chi connectivity index (χ1v) is 6.42. The molecule has 21 heavy (non-hydrogen) atoms. The molecule has 6 nitrogen and oxygen atoms in total. The van der Waals surface area contributed by atoms with Crippen LogP contribution in [-0.4, -0.2) is 10.8 Å². The van der Waals surface area contributed by atoms with Crippen LogP contribution in [0.1, 0.15) is 11.6 Å². The molecule has 0 radical (unpaired) electrons. The molecule has 0 spiro atoms. The van der Waals surface area contributed by atoms with Crippen LogP contribution >= 0.6 is 11.6 Å². The minimum absolute atomic E-state index is 0.0563. The van der Waals surface area contributed by atoms with Gasteiger partial charge in [0.1, 0.15) is 11.7 Å². The average molecular weight is 306 g/mol. The maximum atomic E-state index is 12.1. The molecular weight excluding hydrogens is 294 g/mol. The molecule has 0 unspecified atom stereocenters. The summed E-state index contributed by atoms with van der Waals surface area (Å²) in [7, 11) is 0. The van der Waals surface area contributed by atoms with E-state index in [9.17, 15) is 14.9 Å². The number of nitro benzene ring substituents is 1. The summed E-state index contributed by atoms with van der Waals surface area (Å²) in [5, 5.41) is 13.6. The normalized spacial score (nSPS) is 11.7. The highest BCUT2D eigenvalue weighted by atomic mass is 35.5. The Morgan fingerprint density at radius 2 is 1.90 bits per heavy atom. The second kappa shape index (κ2) is 6.34. The molecule has 0 aliphatic carbocycles. The van der Waals surface area contributed by atoms with Gasteiger partial charge < -0.3 is 11.1 Å². The van der Waals surface area contributed by atoms with E-state index < -0.39 is 16.9 Å². The van der Waals surface area contributed by atoms with Gasteiger partial charge in [0.25, 0.3) is 5.69 Å². The lowest BCUT2D eigenvalue weighted by molar-refractivity contribution is -0.383. The predicted octanol–water partition coefficient (Wildman–Crippen LogP) is 2.89. The summed E-state index contributed by atoms with van der Waals surface area (Å²) >= 11 is 5.71. The number of anilines is 1. The highest BCUT2D eigenvalue weighted by molar-refractivity contribution is 6.31. The third-order valence-electron chi connectivity index (χ3n) is 2.86. The van der Waals surface area contributed by atoms with Gasteiger partial charge in [-0.25, -0.2) is 0 Å². The topological polar surface area (TPSA) is 98.3 Å². The summed E-state index contributed by atoms with van der Waals surface area (Å²) in [6, 6.07) is 11.8. The van der Waals surface area contributed by atoms with Gasteiger partial charge in [-0.3, -0.25) is 14.9 Å². The lowest BCUT2D eigenvalue weighted by Gasteiger charge is -2.12. The van der Waals surface area contributed by atoms with Crippen LogP contribution in [0.15, 0.2) is 48.5 Å². The van der Waals surface area contributed by atoms with E-state index in [2.05, 4.69) is 5.32 Å². The van der Waals surface area contributed by atoms with E-state index >= 15 is 0 Å². The van der Waals surface area contributed by atoms with Crippen LogP contribution in [0, 0.1) is 10.1 Å². The van der Waals surface area contributed by atoms with E-state index in [-0.39, 0.29) is 16.4 Å². The molecule has 108 valence electrons. The van der Waals surface area contributed by atoms with E-state index in [0.29, 0.717) is 5.56 Å². The Labute approximate surface area is 125 Å². The number of hydrogen-bond donors (Lipinski definition) is 2. The fourth-order valence-corrected chi connectivity index (χ4v) is 1.95. The number of nitrogens with one attached hydrogen (secondary N) is 1. The van der Waals surface area contributed by atoms with E-state index in [0.717, 1.165) is 0 Å². The molecular formula is C14H12ClN3O3. The zero-order valence-electron chi connectivity index (χ0n) is 10.8. The summed E-state index contributed by atoms with van der Waals surface area (Å²) in [5.41, 5.74) is 6.23. The zero-order chi connectivity index (χ0) is 15.4. The van der Waals surface area contributed by atoms with Crippen molar-refractivity contribution in [2.24, 2.45) is 5.73 Å². The molecule has 0 bridgehead atoms. The Bertz CT molecular complexity index is 676. The van der Waals surface area contributed by atoms with Crippen molar-refractivity contribution in [1.29, 1.82) is 0 Å². The fraction of sp³-hybridized carbons (Fsp3) is 0.0714. The number of carbonyl (C=O) groups excluding carboxylic acids is 1. The van der Waals surface area contributed by atoms with Crippen LogP contribution in [0.3, 0.4) is 0 Å². The molecule has 0 saturated carbocycles. The monoisotopic (exact) mass is 305 g/mol. The van der Waals surface area contributed by atoms with E-state index in [1.165, 1.54) is 18.2 Å². The van der Waals surface area contributed by atoms with Crippen molar-refractivity contribution in [3.63, 3.8) is 0 Å². The SMILES string of the molecule is N[C@@H](C(=O)Nc1ccc(Cl)cc1[N+](=O)[O-])c1ccccc1. The van der Waals surface area contributed by atoms with Gasteiger partial charge in [-0.05, 0) is 17.7 Å². The second-order valence-electron chi connectivity index (χ2n) is 4.30. The number of halogens is 1. The first-order valence-electron chi connectivity index (χ1n) is 6.04. The number of carbonyl (C=O) groups is 1. The highest BCUT2D eigenvalue weighted by Crippen LogP contribution is 2.28. The fourth-order valence-electron chi connectivity index (χ4n) is 1.78. The van der Waals surface area contributed by atoms with Crippen molar-refractivity contribution in [3.8, 4) is 0 Å². The Balaban J connectivity index is 2.22. The van der Waals surface area contributed by atoms with Crippen LogP contribution in [0.25, 0.3) is 0 Å². The number of hydrogen-bond acceptors (Lipinski definition) is 4. The van der Waals surface area contributed by atoms with Gasteiger partial charge in [0.05, 0.1) is 4.92 Å². The van der Waals surface area contributed by atoms with Gasteiger partial charge in [0.15, 0.2) is 0 Å². The lowest BCUT2D eigenvalue weighted by Crippen LogP contribution is -2.27. The number of nitrogens with zero attached hydrogens (tertiary/aromatic N) is 1. The maximum absolute atomic E-state index is 12.1. The zero-order valence-corrected chi connectivity index (χ0v) is 11.6. The third kappa shape index (κ3) is 3.56. The first-order chi connectivity index (χ1) is 9.99. The van der Waals surface area contributed by atoms with Crippen LogP contribution in [0.4, 0.5) is 11.4 Å². The average Bonchev–Trinajstić information content (AvgIpc) is 2.49. The quantitative estimate of drug-likeness (QED) is 0.670.